The Morgan fingerprint density at radius 2 is 2.05 bits per heavy atom. The Bertz CT molecular complexity index is 459. The van der Waals surface area contributed by atoms with Crippen LogP contribution in [0.2, 0.25) is 0 Å². The van der Waals surface area contributed by atoms with E-state index in [0.29, 0.717) is 6.42 Å². The fraction of sp³-hybridized carbons (Fsp3) is 0.533. The maximum atomic E-state index is 10.8. The summed E-state index contributed by atoms with van der Waals surface area (Å²) in [5.41, 5.74) is 1.03. The number of piperidine rings is 1. The third kappa shape index (κ3) is 3.29. The first-order valence-electron chi connectivity index (χ1n) is 6.81. The zero-order chi connectivity index (χ0) is 14.7. The number of aliphatic hydroxyl groups excluding tert-OH is 1. The average molecular weight is 279 g/mol. The zero-order valence-corrected chi connectivity index (χ0v) is 11.7. The van der Waals surface area contributed by atoms with E-state index in [1.54, 1.807) is 7.11 Å². The minimum Gasteiger partial charge on any atom is -0.497 e. The number of carbonyl (C=O) groups is 1. The van der Waals surface area contributed by atoms with Crippen LogP contribution in [0.3, 0.4) is 0 Å². The van der Waals surface area contributed by atoms with Crippen LogP contribution in [0.4, 0.5) is 0 Å². The molecule has 1 aromatic rings. The van der Waals surface area contributed by atoms with Crippen molar-refractivity contribution >= 4 is 5.97 Å². The molecule has 1 aliphatic rings. The highest BCUT2D eigenvalue weighted by molar-refractivity contribution is 5.67. The highest BCUT2D eigenvalue weighted by atomic mass is 16.5. The Balaban J connectivity index is 2.16. The minimum absolute atomic E-state index is 0.0242. The second-order valence-corrected chi connectivity index (χ2v) is 5.37. The Morgan fingerprint density at radius 1 is 1.40 bits per heavy atom. The molecule has 0 unspecified atom stereocenters. The number of aliphatic hydroxyl groups is 1. The first-order valence-corrected chi connectivity index (χ1v) is 6.81. The van der Waals surface area contributed by atoms with E-state index >= 15 is 0 Å². The highest BCUT2D eigenvalue weighted by Gasteiger charge is 2.35. The van der Waals surface area contributed by atoms with E-state index in [4.69, 9.17) is 9.84 Å². The van der Waals surface area contributed by atoms with Gasteiger partial charge < -0.3 is 20.3 Å². The molecule has 0 amide bonds. The van der Waals surface area contributed by atoms with Gasteiger partial charge in [0.05, 0.1) is 19.6 Å². The smallest absolute Gasteiger partial charge is 0.304 e. The van der Waals surface area contributed by atoms with Crippen LogP contribution in [0.25, 0.3) is 0 Å². The highest BCUT2D eigenvalue weighted by Crippen LogP contribution is 2.33. The number of rotatable bonds is 4. The summed E-state index contributed by atoms with van der Waals surface area (Å²) >= 11 is 0. The van der Waals surface area contributed by atoms with E-state index < -0.39 is 12.1 Å². The van der Waals surface area contributed by atoms with Crippen molar-refractivity contribution in [3.05, 3.63) is 29.8 Å². The molecule has 3 N–H and O–H groups in total. The predicted octanol–water partition coefficient (Wildman–Crippen LogP) is 1.57. The molecule has 110 valence electrons. The number of nitrogens with one attached hydrogen (secondary N) is 1. The van der Waals surface area contributed by atoms with Crippen molar-refractivity contribution in [2.24, 2.45) is 5.92 Å². The van der Waals surface area contributed by atoms with Gasteiger partial charge in [-0.3, -0.25) is 4.79 Å². The molecule has 2 rings (SSSR count). The van der Waals surface area contributed by atoms with Crippen molar-refractivity contribution in [1.82, 2.24) is 5.32 Å². The summed E-state index contributed by atoms with van der Waals surface area (Å²) in [6.07, 6.45) is 0.00371. The van der Waals surface area contributed by atoms with Crippen LogP contribution in [-0.4, -0.2) is 35.4 Å². The number of benzene rings is 1. The number of hydrogen-bond acceptors (Lipinski definition) is 4. The molecule has 1 aliphatic heterocycles. The van der Waals surface area contributed by atoms with E-state index in [0.717, 1.165) is 11.3 Å². The van der Waals surface area contributed by atoms with Crippen LogP contribution in [0.1, 0.15) is 31.4 Å². The zero-order valence-electron chi connectivity index (χ0n) is 11.7. The molecule has 5 nitrogen and oxygen atoms in total. The van der Waals surface area contributed by atoms with Crippen LogP contribution in [0.15, 0.2) is 24.3 Å². The van der Waals surface area contributed by atoms with Crippen molar-refractivity contribution in [2.75, 3.05) is 7.11 Å². The molecule has 1 fully saturated rings. The van der Waals surface area contributed by atoms with Gasteiger partial charge in [0.1, 0.15) is 5.75 Å². The summed E-state index contributed by atoms with van der Waals surface area (Å²) in [5.74, 6) is -0.0361. The molecule has 0 aliphatic carbocycles. The van der Waals surface area contributed by atoms with Gasteiger partial charge in [-0.2, -0.15) is 0 Å². The van der Waals surface area contributed by atoms with Gasteiger partial charge >= 0.3 is 5.97 Å². The first kappa shape index (κ1) is 14.8. The van der Waals surface area contributed by atoms with Gasteiger partial charge in [-0.25, -0.2) is 0 Å². The molecular weight excluding hydrogens is 258 g/mol. The largest absolute Gasteiger partial charge is 0.497 e. The van der Waals surface area contributed by atoms with Gasteiger partial charge in [0.2, 0.25) is 0 Å². The topological polar surface area (TPSA) is 78.8 Å². The van der Waals surface area contributed by atoms with E-state index in [-0.39, 0.29) is 24.4 Å². The van der Waals surface area contributed by atoms with Gasteiger partial charge in [-0.05, 0) is 24.1 Å². The normalized spacial score (nSPS) is 29.9. The Morgan fingerprint density at radius 3 is 2.60 bits per heavy atom. The fourth-order valence-electron chi connectivity index (χ4n) is 2.77. The van der Waals surface area contributed by atoms with Crippen LogP contribution in [0, 0.1) is 5.92 Å². The third-order valence-corrected chi connectivity index (χ3v) is 3.97. The lowest BCUT2D eigenvalue weighted by Gasteiger charge is -2.39. The van der Waals surface area contributed by atoms with Crippen molar-refractivity contribution in [1.29, 1.82) is 0 Å². The number of aliphatic carboxylic acids is 1. The third-order valence-electron chi connectivity index (χ3n) is 3.97. The number of methoxy groups -OCH3 is 1. The van der Waals surface area contributed by atoms with Crippen molar-refractivity contribution in [3.63, 3.8) is 0 Å². The van der Waals surface area contributed by atoms with Crippen LogP contribution < -0.4 is 10.1 Å². The molecule has 1 heterocycles. The van der Waals surface area contributed by atoms with Gasteiger partial charge in [0, 0.05) is 18.0 Å². The molecular formula is C15H21NO4. The van der Waals surface area contributed by atoms with Crippen molar-refractivity contribution < 1.29 is 19.7 Å². The monoisotopic (exact) mass is 279 g/mol. The predicted molar refractivity (Wildman–Crippen MR) is 74.7 cm³/mol. The maximum absolute atomic E-state index is 10.8. The average Bonchev–Trinajstić information content (AvgIpc) is 2.42. The summed E-state index contributed by atoms with van der Waals surface area (Å²) < 4.78 is 5.13. The van der Waals surface area contributed by atoms with Gasteiger partial charge in [0.15, 0.2) is 0 Å². The van der Waals surface area contributed by atoms with Gasteiger partial charge in [-0.1, -0.05) is 19.1 Å². The van der Waals surface area contributed by atoms with Crippen LogP contribution in [0.5, 0.6) is 5.75 Å². The fourth-order valence-corrected chi connectivity index (χ4v) is 2.77. The Kier molecular flexibility index (Phi) is 4.62. The molecule has 0 bridgehead atoms. The molecule has 4 atom stereocenters. The van der Waals surface area contributed by atoms with Crippen LogP contribution in [-0.2, 0) is 4.79 Å². The van der Waals surface area contributed by atoms with E-state index in [1.807, 2.05) is 31.2 Å². The quantitative estimate of drug-likeness (QED) is 0.779. The second kappa shape index (κ2) is 6.24. The molecule has 0 spiro atoms. The number of carboxylic acids is 1. The first-order chi connectivity index (χ1) is 9.51. The summed E-state index contributed by atoms with van der Waals surface area (Å²) in [6.45, 7) is 1.98. The molecule has 1 aromatic carbocycles. The number of carboxylic acid groups (broad SMARTS) is 1. The molecule has 0 saturated carbocycles. The van der Waals surface area contributed by atoms with Crippen molar-refractivity contribution in [2.45, 2.75) is 38.0 Å². The lowest BCUT2D eigenvalue weighted by Crippen LogP contribution is -2.48. The SMILES string of the molecule is COc1ccc([C@H]2N[C@@H](CC(=O)O)C[C@H](O)[C@H]2C)cc1. The van der Waals surface area contributed by atoms with Gasteiger partial charge in [0.25, 0.3) is 0 Å². The van der Waals surface area contributed by atoms with E-state index in [1.165, 1.54) is 0 Å². The standard InChI is InChI=1S/C15H21NO4/c1-9-13(17)7-11(8-14(18)19)16-15(9)10-3-5-12(20-2)6-4-10/h3-6,9,11,13,15-17H,7-8H2,1-2H3,(H,18,19)/t9-,11-,13+,15+/m1/s1. The van der Waals surface area contributed by atoms with E-state index in [9.17, 15) is 9.90 Å². The molecule has 0 radical (unpaired) electrons. The summed E-state index contributed by atoms with van der Waals surface area (Å²) in [4.78, 5) is 10.8. The number of ether oxygens (including phenoxy) is 1. The lowest BCUT2D eigenvalue weighted by atomic mass is 9.82. The minimum atomic E-state index is -0.849. The molecule has 0 aromatic heterocycles. The van der Waals surface area contributed by atoms with Crippen LogP contribution >= 0.6 is 0 Å². The summed E-state index contributed by atoms with van der Waals surface area (Å²) in [7, 11) is 1.61. The maximum Gasteiger partial charge on any atom is 0.304 e. The van der Waals surface area contributed by atoms with Gasteiger partial charge in [-0.15, -0.1) is 0 Å². The summed E-state index contributed by atoms with van der Waals surface area (Å²) in [6, 6.07) is 7.39. The molecule has 5 heteroatoms. The van der Waals surface area contributed by atoms with Crippen molar-refractivity contribution in [3.8, 4) is 5.75 Å². The Hall–Kier alpha value is -1.59. The Labute approximate surface area is 118 Å². The number of hydrogen-bond donors (Lipinski definition) is 3. The lowest BCUT2D eigenvalue weighted by molar-refractivity contribution is -0.138. The summed E-state index contributed by atoms with van der Waals surface area (Å²) in [5, 5.41) is 22.4. The molecule has 20 heavy (non-hydrogen) atoms. The van der Waals surface area contributed by atoms with E-state index in [2.05, 4.69) is 5.32 Å². The second-order valence-electron chi connectivity index (χ2n) is 5.37. The molecule has 1 saturated heterocycles.